The second-order valence-corrected chi connectivity index (χ2v) is 6.86. The van der Waals surface area contributed by atoms with Gasteiger partial charge in [0.25, 0.3) is 0 Å². The first kappa shape index (κ1) is 18.5. The van der Waals surface area contributed by atoms with Crippen LogP contribution < -0.4 is 10.1 Å². The van der Waals surface area contributed by atoms with Crippen molar-refractivity contribution in [2.45, 2.75) is 38.6 Å². The van der Waals surface area contributed by atoms with E-state index in [1.165, 1.54) is 19.3 Å². The first-order valence-corrected chi connectivity index (χ1v) is 9.36. The highest BCUT2D eigenvalue weighted by Crippen LogP contribution is 2.17. The van der Waals surface area contributed by atoms with Crippen LogP contribution in [-0.2, 0) is 4.79 Å². The Kier molecular flexibility index (Phi) is 6.28. The van der Waals surface area contributed by atoms with E-state index < -0.39 is 0 Å². The smallest absolute Gasteiger partial charge is 0.221 e. The van der Waals surface area contributed by atoms with Crippen LogP contribution in [0.3, 0.4) is 0 Å². The molecule has 1 aliphatic rings. The summed E-state index contributed by atoms with van der Waals surface area (Å²) in [6.45, 7) is 5.09. The zero-order valence-corrected chi connectivity index (χ0v) is 15.6. The summed E-state index contributed by atoms with van der Waals surface area (Å²) in [6.07, 6.45) is 8.14. The average Bonchev–Trinajstić information content (AvgIpc) is 3.18. The lowest BCUT2D eigenvalue weighted by molar-refractivity contribution is -0.122. The third kappa shape index (κ3) is 4.85. The Morgan fingerprint density at radius 1 is 1.23 bits per heavy atom. The van der Waals surface area contributed by atoms with Gasteiger partial charge >= 0.3 is 0 Å². The van der Waals surface area contributed by atoms with Crippen molar-refractivity contribution in [2.75, 3.05) is 26.7 Å². The van der Waals surface area contributed by atoms with E-state index in [1.807, 2.05) is 42.1 Å². The lowest BCUT2D eigenvalue weighted by atomic mass is 10.1. The zero-order chi connectivity index (χ0) is 18.4. The summed E-state index contributed by atoms with van der Waals surface area (Å²) in [5.74, 6) is 0.913. The third-order valence-corrected chi connectivity index (χ3v) is 4.92. The number of nitrogens with one attached hydrogen (secondary N) is 1. The van der Waals surface area contributed by atoms with Gasteiger partial charge in [-0.15, -0.1) is 0 Å². The fraction of sp³-hybridized carbons (Fsp3) is 0.500. The Hall–Kier alpha value is -2.34. The minimum absolute atomic E-state index is 0.0594. The largest absolute Gasteiger partial charge is 0.497 e. The van der Waals surface area contributed by atoms with Crippen molar-refractivity contribution in [2.24, 2.45) is 0 Å². The molecule has 1 fully saturated rings. The molecule has 1 amide bonds. The molecular weight excluding hydrogens is 328 g/mol. The third-order valence-electron chi connectivity index (χ3n) is 4.92. The normalized spacial score (nSPS) is 16.2. The number of amides is 1. The van der Waals surface area contributed by atoms with Gasteiger partial charge in [0.2, 0.25) is 5.91 Å². The van der Waals surface area contributed by atoms with Gasteiger partial charge in [0.1, 0.15) is 5.75 Å². The van der Waals surface area contributed by atoms with Crippen LogP contribution in [0.1, 0.15) is 44.2 Å². The Balaban J connectivity index is 1.51. The second-order valence-electron chi connectivity index (χ2n) is 6.86. The molecule has 0 bridgehead atoms. The predicted molar refractivity (Wildman–Crippen MR) is 102 cm³/mol. The Bertz CT molecular complexity index is 705. The molecule has 1 unspecified atom stereocenters. The minimum Gasteiger partial charge on any atom is -0.497 e. The highest BCUT2D eigenvalue weighted by Gasteiger charge is 2.15. The quantitative estimate of drug-likeness (QED) is 0.829. The van der Waals surface area contributed by atoms with Crippen molar-refractivity contribution in [1.82, 2.24) is 20.0 Å². The lowest BCUT2D eigenvalue weighted by Crippen LogP contribution is -2.34. The van der Waals surface area contributed by atoms with E-state index >= 15 is 0 Å². The minimum atomic E-state index is -0.0594. The van der Waals surface area contributed by atoms with Crippen LogP contribution in [0.25, 0.3) is 5.69 Å². The van der Waals surface area contributed by atoms with Crippen LogP contribution >= 0.6 is 0 Å². The number of hydrogen-bond acceptors (Lipinski definition) is 4. The molecule has 0 saturated carbocycles. The number of methoxy groups -OCH3 is 1. The number of carbonyl (C=O) groups excluding carboxylic acids is 1. The van der Waals surface area contributed by atoms with Crippen molar-refractivity contribution >= 4 is 5.91 Å². The molecule has 26 heavy (non-hydrogen) atoms. The summed E-state index contributed by atoms with van der Waals surface area (Å²) in [7, 11) is 1.65. The number of likely N-dealkylation sites (tertiary alicyclic amines) is 1. The molecule has 1 aromatic heterocycles. The molecular formula is C20H28N4O2. The van der Waals surface area contributed by atoms with Crippen LogP contribution in [0, 0.1) is 0 Å². The van der Waals surface area contributed by atoms with Crippen LogP contribution in [0.5, 0.6) is 5.75 Å². The van der Waals surface area contributed by atoms with E-state index in [0.717, 1.165) is 36.6 Å². The maximum atomic E-state index is 12.2. The summed E-state index contributed by atoms with van der Waals surface area (Å²) < 4.78 is 6.99. The van der Waals surface area contributed by atoms with Gasteiger partial charge in [0.05, 0.1) is 25.0 Å². The van der Waals surface area contributed by atoms with E-state index in [1.54, 1.807) is 13.3 Å². The number of nitrogens with zero attached hydrogens (tertiary/aromatic N) is 3. The van der Waals surface area contributed by atoms with E-state index in [-0.39, 0.29) is 11.9 Å². The molecule has 6 nitrogen and oxygen atoms in total. The van der Waals surface area contributed by atoms with Crippen LogP contribution in [0.15, 0.2) is 36.7 Å². The summed E-state index contributed by atoms with van der Waals surface area (Å²) in [6, 6.07) is 7.66. The molecule has 6 heteroatoms. The number of aromatic nitrogens is 2. The van der Waals surface area contributed by atoms with E-state index in [2.05, 4.69) is 15.3 Å². The molecule has 0 spiro atoms. The van der Waals surface area contributed by atoms with Gasteiger partial charge in [-0.3, -0.25) is 4.79 Å². The van der Waals surface area contributed by atoms with Crippen molar-refractivity contribution in [1.29, 1.82) is 0 Å². The topological polar surface area (TPSA) is 59.4 Å². The summed E-state index contributed by atoms with van der Waals surface area (Å²) >= 11 is 0. The van der Waals surface area contributed by atoms with Crippen LogP contribution in [-0.4, -0.2) is 47.3 Å². The van der Waals surface area contributed by atoms with Gasteiger partial charge in [-0.25, -0.2) is 4.68 Å². The predicted octanol–water partition coefficient (Wildman–Crippen LogP) is 2.93. The average molecular weight is 356 g/mol. The number of hydrogen-bond donors (Lipinski definition) is 1. The van der Waals surface area contributed by atoms with Crippen LogP contribution in [0.4, 0.5) is 0 Å². The highest BCUT2D eigenvalue weighted by molar-refractivity contribution is 5.76. The van der Waals surface area contributed by atoms with Gasteiger partial charge in [0, 0.05) is 24.7 Å². The first-order chi connectivity index (χ1) is 12.7. The molecule has 0 radical (unpaired) electrons. The van der Waals surface area contributed by atoms with Crippen LogP contribution in [0.2, 0.25) is 0 Å². The monoisotopic (exact) mass is 356 g/mol. The van der Waals surface area contributed by atoms with E-state index in [4.69, 9.17) is 4.74 Å². The lowest BCUT2D eigenvalue weighted by Gasteiger charge is -2.26. The number of piperidine rings is 1. The molecule has 1 aliphatic heterocycles. The molecule has 2 heterocycles. The summed E-state index contributed by atoms with van der Waals surface area (Å²) in [5.41, 5.74) is 1.95. The number of rotatable bonds is 7. The molecule has 1 atom stereocenters. The van der Waals surface area contributed by atoms with Crippen molar-refractivity contribution in [3.8, 4) is 11.4 Å². The van der Waals surface area contributed by atoms with Crippen molar-refractivity contribution in [3.05, 3.63) is 42.2 Å². The molecule has 1 N–H and O–H groups in total. The standard InChI is InChI=1S/C20H28N4O2/c1-16(22-20(25)10-13-23-11-4-3-5-12-23)17-14-21-24(15-17)18-6-8-19(26-2)9-7-18/h6-9,14-16H,3-5,10-13H2,1-2H3,(H,22,25). The Labute approximate surface area is 155 Å². The molecule has 0 aliphatic carbocycles. The molecule has 3 rings (SSSR count). The molecule has 140 valence electrons. The number of carbonyl (C=O) groups is 1. The van der Waals surface area contributed by atoms with Gasteiger partial charge < -0.3 is 15.0 Å². The molecule has 2 aromatic rings. The van der Waals surface area contributed by atoms with Crippen molar-refractivity contribution in [3.63, 3.8) is 0 Å². The maximum absolute atomic E-state index is 12.2. The van der Waals surface area contributed by atoms with E-state index in [9.17, 15) is 4.79 Å². The zero-order valence-electron chi connectivity index (χ0n) is 15.6. The maximum Gasteiger partial charge on any atom is 0.221 e. The number of ether oxygens (including phenoxy) is 1. The summed E-state index contributed by atoms with van der Waals surface area (Å²) in [4.78, 5) is 14.6. The first-order valence-electron chi connectivity index (χ1n) is 9.36. The number of benzene rings is 1. The van der Waals surface area contributed by atoms with Crippen molar-refractivity contribution < 1.29 is 9.53 Å². The van der Waals surface area contributed by atoms with Gasteiger partial charge in [-0.1, -0.05) is 6.42 Å². The fourth-order valence-electron chi connectivity index (χ4n) is 3.28. The van der Waals surface area contributed by atoms with E-state index in [0.29, 0.717) is 6.42 Å². The SMILES string of the molecule is COc1ccc(-n2cc(C(C)NC(=O)CCN3CCCCC3)cn2)cc1. The Morgan fingerprint density at radius 3 is 2.65 bits per heavy atom. The second kappa shape index (κ2) is 8.85. The summed E-state index contributed by atoms with van der Waals surface area (Å²) in [5, 5.41) is 7.49. The van der Waals surface area contributed by atoms with Gasteiger partial charge in [0.15, 0.2) is 0 Å². The molecule has 1 aromatic carbocycles. The highest BCUT2D eigenvalue weighted by atomic mass is 16.5. The fourth-order valence-corrected chi connectivity index (χ4v) is 3.28. The Morgan fingerprint density at radius 2 is 1.96 bits per heavy atom. The molecule has 1 saturated heterocycles. The van der Waals surface area contributed by atoms with Gasteiger partial charge in [-0.05, 0) is 57.1 Å². The van der Waals surface area contributed by atoms with Gasteiger partial charge in [-0.2, -0.15) is 5.10 Å².